The van der Waals surface area contributed by atoms with E-state index in [0.29, 0.717) is 10.7 Å². The number of rotatable bonds is 6. The number of hydrogen-bond donors (Lipinski definition) is 1. The fourth-order valence-corrected chi connectivity index (χ4v) is 3.06. The van der Waals surface area contributed by atoms with Gasteiger partial charge >= 0.3 is 0 Å². The van der Waals surface area contributed by atoms with Gasteiger partial charge < -0.3 is 4.74 Å². The second kappa shape index (κ2) is 7.94. The molecule has 2 aromatic carbocycles. The number of anilines is 1. The Kier molecular flexibility index (Phi) is 5.45. The molecule has 1 N–H and O–H groups in total. The summed E-state index contributed by atoms with van der Waals surface area (Å²) in [6, 6.07) is 12.1. The van der Waals surface area contributed by atoms with Crippen molar-refractivity contribution >= 4 is 40.0 Å². The molecule has 0 amide bonds. The minimum atomic E-state index is -0.534. The highest BCUT2D eigenvalue weighted by molar-refractivity contribution is 7.14. The van der Waals surface area contributed by atoms with Crippen molar-refractivity contribution in [1.82, 2.24) is 4.98 Å². The van der Waals surface area contributed by atoms with Crippen molar-refractivity contribution in [3.05, 3.63) is 68.5 Å². The lowest BCUT2D eigenvalue weighted by molar-refractivity contribution is -0.384. The van der Waals surface area contributed by atoms with Gasteiger partial charge in [-0.3, -0.25) is 15.5 Å². The van der Waals surface area contributed by atoms with E-state index in [1.165, 1.54) is 29.7 Å². The summed E-state index contributed by atoms with van der Waals surface area (Å²) in [5.41, 5.74) is 4.86. The topological polar surface area (TPSA) is 89.6 Å². The van der Waals surface area contributed by atoms with Gasteiger partial charge in [0.05, 0.1) is 23.9 Å². The van der Waals surface area contributed by atoms with Gasteiger partial charge in [0.1, 0.15) is 10.8 Å². The van der Waals surface area contributed by atoms with E-state index in [1.54, 1.807) is 13.2 Å². The first-order chi connectivity index (χ1) is 12.6. The van der Waals surface area contributed by atoms with Crippen LogP contribution in [-0.4, -0.2) is 23.2 Å². The summed E-state index contributed by atoms with van der Waals surface area (Å²) in [6.07, 6.45) is 1.47. The van der Waals surface area contributed by atoms with Crippen LogP contribution in [0.15, 0.2) is 52.9 Å². The lowest BCUT2D eigenvalue weighted by Crippen LogP contribution is -1.93. The number of nitrogens with zero attached hydrogens (tertiary/aromatic N) is 3. The molecule has 0 aliphatic heterocycles. The van der Waals surface area contributed by atoms with Crippen molar-refractivity contribution in [1.29, 1.82) is 0 Å². The van der Waals surface area contributed by atoms with Crippen LogP contribution < -0.4 is 10.2 Å². The van der Waals surface area contributed by atoms with E-state index < -0.39 is 4.92 Å². The van der Waals surface area contributed by atoms with Gasteiger partial charge in [0, 0.05) is 22.6 Å². The van der Waals surface area contributed by atoms with Gasteiger partial charge in [0.15, 0.2) is 0 Å². The largest absolute Gasteiger partial charge is 0.496 e. The zero-order chi connectivity index (χ0) is 18.5. The molecular formula is C17H13ClN4O3S. The summed E-state index contributed by atoms with van der Waals surface area (Å²) >= 11 is 7.17. The van der Waals surface area contributed by atoms with Gasteiger partial charge in [-0.05, 0) is 18.2 Å². The molecule has 1 heterocycles. The van der Waals surface area contributed by atoms with Gasteiger partial charge in [0.25, 0.3) is 5.69 Å². The Labute approximate surface area is 158 Å². The summed E-state index contributed by atoms with van der Waals surface area (Å²) < 4.78 is 5.34. The molecule has 132 valence electrons. The number of thiazole rings is 1. The fraction of sp³-hybridized carbons (Fsp3) is 0.0588. The molecule has 26 heavy (non-hydrogen) atoms. The zero-order valence-electron chi connectivity index (χ0n) is 13.5. The van der Waals surface area contributed by atoms with Crippen molar-refractivity contribution in [3.63, 3.8) is 0 Å². The second-order valence-corrected chi connectivity index (χ2v) is 6.34. The summed E-state index contributed by atoms with van der Waals surface area (Å²) in [5.74, 6) is 0.737. The van der Waals surface area contributed by atoms with Crippen LogP contribution in [0.1, 0.15) is 5.56 Å². The SMILES string of the molecule is COc1ccccc1-c1csc(N/N=C\c2ccc(Cl)c([N+](=O)[O-])c2)n1. The lowest BCUT2D eigenvalue weighted by atomic mass is 10.1. The van der Waals surface area contributed by atoms with Crippen LogP contribution in [0.3, 0.4) is 0 Å². The van der Waals surface area contributed by atoms with Gasteiger partial charge in [-0.2, -0.15) is 5.10 Å². The van der Waals surface area contributed by atoms with Crippen LogP contribution in [0.25, 0.3) is 11.3 Å². The van der Waals surface area contributed by atoms with Crippen molar-refractivity contribution in [2.24, 2.45) is 5.10 Å². The average Bonchev–Trinajstić information content (AvgIpc) is 3.11. The van der Waals surface area contributed by atoms with Gasteiger partial charge in [0.2, 0.25) is 5.13 Å². The smallest absolute Gasteiger partial charge is 0.288 e. The number of para-hydroxylation sites is 1. The molecule has 0 aliphatic carbocycles. The van der Waals surface area contributed by atoms with E-state index in [1.807, 2.05) is 29.6 Å². The average molecular weight is 389 g/mol. The Balaban J connectivity index is 1.73. The maximum absolute atomic E-state index is 10.9. The van der Waals surface area contributed by atoms with Crippen LogP contribution in [0.5, 0.6) is 5.75 Å². The molecule has 3 aromatic rings. The minimum Gasteiger partial charge on any atom is -0.496 e. The maximum Gasteiger partial charge on any atom is 0.288 e. The predicted octanol–water partition coefficient (Wildman–Crippen LogP) is 4.83. The number of aromatic nitrogens is 1. The minimum absolute atomic E-state index is 0.0847. The van der Waals surface area contributed by atoms with E-state index >= 15 is 0 Å². The van der Waals surface area contributed by atoms with Crippen LogP contribution in [-0.2, 0) is 0 Å². The quantitative estimate of drug-likeness (QED) is 0.371. The summed E-state index contributed by atoms with van der Waals surface area (Å²) in [4.78, 5) is 14.8. The monoisotopic (exact) mass is 388 g/mol. The number of hydrazone groups is 1. The normalized spacial score (nSPS) is 10.8. The summed E-state index contributed by atoms with van der Waals surface area (Å²) in [7, 11) is 1.61. The number of nitro benzene ring substituents is 1. The predicted molar refractivity (Wildman–Crippen MR) is 103 cm³/mol. The standard InChI is InChI=1S/C17H13ClN4O3S/c1-25-16-5-3-2-4-12(16)14-10-26-17(20-14)21-19-9-11-6-7-13(18)15(8-11)22(23)24/h2-10H,1H3,(H,20,21)/b19-9-. The first-order valence-corrected chi connectivity index (χ1v) is 8.66. The van der Waals surface area contributed by atoms with Crippen LogP contribution >= 0.6 is 22.9 Å². The fourth-order valence-electron chi connectivity index (χ4n) is 2.22. The highest BCUT2D eigenvalue weighted by Gasteiger charge is 2.12. The second-order valence-electron chi connectivity index (χ2n) is 5.08. The van der Waals surface area contributed by atoms with E-state index in [2.05, 4.69) is 15.5 Å². The number of ether oxygens (including phenoxy) is 1. The Morgan fingerprint density at radius 3 is 2.92 bits per heavy atom. The van der Waals surface area contributed by atoms with Crippen LogP contribution in [0.4, 0.5) is 10.8 Å². The highest BCUT2D eigenvalue weighted by atomic mass is 35.5. The third-order valence-electron chi connectivity index (χ3n) is 3.43. The molecule has 3 rings (SSSR count). The number of nitro groups is 1. The van der Waals surface area contributed by atoms with Crippen molar-refractivity contribution in [3.8, 4) is 17.0 Å². The summed E-state index contributed by atoms with van der Waals surface area (Å²) in [6.45, 7) is 0. The molecule has 1 aromatic heterocycles. The van der Waals surface area contributed by atoms with Crippen LogP contribution in [0.2, 0.25) is 5.02 Å². The van der Waals surface area contributed by atoms with E-state index in [4.69, 9.17) is 16.3 Å². The Morgan fingerprint density at radius 1 is 1.35 bits per heavy atom. The lowest BCUT2D eigenvalue weighted by Gasteiger charge is -2.04. The Morgan fingerprint density at radius 2 is 2.15 bits per heavy atom. The number of halogens is 1. The Bertz CT molecular complexity index is 974. The van der Waals surface area contributed by atoms with Gasteiger partial charge in [-0.1, -0.05) is 29.8 Å². The van der Waals surface area contributed by atoms with E-state index in [0.717, 1.165) is 17.0 Å². The number of nitrogens with one attached hydrogen (secondary N) is 1. The third-order valence-corrected chi connectivity index (χ3v) is 4.49. The maximum atomic E-state index is 10.9. The van der Waals surface area contributed by atoms with E-state index in [9.17, 15) is 10.1 Å². The zero-order valence-corrected chi connectivity index (χ0v) is 15.1. The molecule has 0 atom stereocenters. The molecule has 0 unspecified atom stereocenters. The highest BCUT2D eigenvalue weighted by Crippen LogP contribution is 2.31. The molecule has 0 saturated carbocycles. The molecule has 0 fully saturated rings. The molecule has 7 nitrogen and oxygen atoms in total. The van der Waals surface area contributed by atoms with Gasteiger partial charge in [-0.15, -0.1) is 11.3 Å². The first-order valence-electron chi connectivity index (χ1n) is 7.40. The number of benzene rings is 2. The van der Waals surface area contributed by atoms with Crippen molar-refractivity contribution in [2.45, 2.75) is 0 Å². The molecule has 0 radical (unpaired) electrons. The third kappa shape index (κ3) is 3.98. The number of hydrogen-bond acceptors (Lipinski definition) is 7. The van der Waals surface area contributed by atoms with Crippen molar-refractivity contribution < 1.29 is 9.66 Å². The molecule has 0 spiro atoms. The van der Waals surface area contributed by atoms with Gasteiger partial charge in [-0.25, -0.2) is 4.98 Å². The summed E-state index contributed by atoms with van der Waals surface area (Å²) in [5, 5.41) is 17.5. The molecule has 0 bridgehead atoms. The first kappa shape index (κ1) is 17.8. The number of methoxy groups -OCH3 is 1. The Hall–Kier alpha value is -2.97. The van der Waals surface area contributed by atoms with E-state index in [-0.39, 0.29) is 10.7 Å². The molecule has 0 saturated heterocycles. The van der Waals surface area contributed by atoms with Crippen LogP contribution in [0, 0.1) is 10.1 Å². The van der Waals surface area contributed by atoms with Crippen molar-refractivity contribution in [2.75, 3.05) is 12.5 Å². The molecule has 9 heteroatoms. The molecular weight excluding hydrogens is 376 g/mol. The molecule has 0 aliphatic rings.